The third-order valence-electron chi connectivity index (χ3n) is 2.30. The first-order valence-corrected chi connectivity index (χ1v) is 6.65. The standard InChI is InChI=1S/C14H18N4O3/c1-4-19-10-5-7-11(8-6-10)21-14-17-12(15)16-13(18-14)20-9(2)3/h5-9H,4H2,1-3H3,(H2,15,16,17,18). The Morgan fingerprint density at radius 3 is 2.24 bits per heavy atom. The summed E-state index contributed by atoms with van der Waals surface area (Å²) in [6, 6.07) is 7.34. The summed E-state index contributed by atoms with van der Waals surface area (Å²) >= 11 is 0. The summed E-state index contributed by atoms with van der Waals surface area (Å²) in [5.41, 5.74) is 5.61. The van der Waals surface area contributed by atoms with Crippen LogP contribution in [0.3, 0.4) is 0 Å². The van der Waals surface area contributed by atoms with E-state index >= 15 is 0 Å². The summed E-state index contributed by atoms with van der Waals surface area (Å²) in [5.74, 6) is 1.38. The summed E-state index contributed by atoms with van der Waals surface area (Å²) < 4.78 is 16.3. The molecule has 0 atom stereocenters. The number of nitrogen functional groups attached to an aromatic ring is 1. The third kappa shape index (κ3) is 4.48. The maximum atomic E-state index is 5.61. The number of hydrogen-bond acceptors (Lipinski definition) is 7. The molecule has 0 saturated carbocycles. The Hall–Kier alpha value is -2.57. The van der Waals surface area contributed by atoms with E-state index in [0.717, 1.165) is 5.75 Å². The Kier molecular flexibility index (Phi) is 4.76. The van der Waals surface area contributed by atoms with Gasteiger partial charge < -0.3 is 19.9 Å². The lowest BCUT2D eigenvalue weighted by atomic mass is 10.3. The molecule has 2 rings (SSSR count). The van der Waals surface area contributed by atoms with Crippen LogP contribution in [0.1, 0.15) is 20.8 Å². The maximum absolute atomic E-state index is 5.61. The minimum atomic E-state index is -0.0647. The van der Waals surface area contributed by atoms with Crippen LogP contribution in [-0.2, 0) is 0 Å². The quantitative estimate of drug-likeness (QED) is 0.873. The van der Waals surface area contributed by atoms with Gasteiger partial charge in [-0.25, -0.2) is 0 Å². The van der Waals surface area contributed by atoms with E-state index < -0.39 is 0 Å². The molecule has 0 fully saturated rings. The molecule has 0 aliphatic heterocycles. The van der Waals surface area contributed by atoms with Crippen molar-refractivity contribution in [3.05, 3.63) is 24.3 Å². The average molecular weight is 290 g/mol. The monoisotopic (exact) mass is 290 g/mol. The fourth-order valence-electron chi connectivity index (χ4n) is 1.54. The number of hydrogen-bond donors (Lipinski definition) is 1. The Morgan fingerprint density at radius 2 is 1.62 bits per heavy atom. The largest absolute Gasteiger partial charge is 0.494 e. The zero-order chi connectivity index (χ0) is 15.2. The molecule has 0 amide bonds. The van der Waals surface area contributed by atoms with E-state index in [-0.39, 0.29) is 24.1 Å². The molecule has 1 aromatic carbocycles. The van der Waals surface area contributed by atoms with Crippen molar-refractivity contribution in [3.8, 4) is 23.5 Å². The van der Waals surface area contributed by atoms with Gasteiger partial charge in [0, 0.05) is 0 Å². The molecule has 21 heavy (non-hydrogen) atoms. The van der Waals surface area contributed by atoms with Gasteiger partial charge in [-0.05, 0) is 45.0 Å². The van der Waals surface area contributed by atoms with Gasteiger partial charge >= 0.3 is 12.0 Å². The summed E-state index contributed by atoms with van der Waals surface area (Å²) in [5, 5.41) is 0. The fourth-order valence-corrected chi connectivity index (χ4v) is 1.54. The van der Waals surface area contributed by atoms with E-state index in [0.29, 0.717) is 12.4 Å². The van der Waals surface area contributed by atoms with E-state index in [4.69, 9.17) is 19.9 Å². The highest BCUT2D eigenvalue weighted by Crippen LogP contribution is 2.23. The topological polar surface area (TPSA) is 92.4 Å². The number of aromatic nitrogens is 3. The van der Waals surface area contributed by atoms with Gasteiger partial charge in [0.05, 0.1) is 12.7 Å². The fraction of sp³-hybridized carbons (Fsp3) is 0.357. The first-order valence-electron chi connectivity index (χ1n) is 6.65. The number of rotatable bonds is 6. The Labute approximate surface area is 123 Å². The lowest BCUT2D eigenvalue weighted by molar-refractivity contribution is 0.219. The molecule has 0 radical (unpaired) electrons. The molecular formula is C14H18N4O3. The molecule has 0 aliphatic carbocycles. The first kappa shape index (κ1) is 14.8. The van der Waals surface area contributed by atoms with Crippen molar-refractivity contribution in [3.63, 3.8) is 0 Å². The SMILES string of the molecule is CCOc1ccc(Oc2nc(N)nc(OC(C)C)n2)cc1. The van der Waals surface area contributed by atoms with Crippen LogP contribution >= 0.6 is 0 Å². The van der Waals surface area contributed by atoms with Crippen LogP contribution in [0.15, 0.2) is 24.3 Å². The summed E-state index contributed by atoms with van der Waals surface area (Å²) in [7, 11) is 0. The Morgan fingerprint density at radius 1 is 1.00 bits per heavy atom. The summed E-state index contributed by atoms with van der Waals surface area (Å²) in [6.45, 7) is 6.27. The minimum absolute atomic E-state index is 0.0431. The van der Waals surface area contributed by atoms with Crippen LogP contribution in [0.5, 0.6) is 23.5 Å². The van der Waals surface area contributed by atoms with E-state index in [9.17, 15) is 0 Å². The predicted molar refractivity (Wildman–Crippen MR) is 77.7 cm³/mol. The molecule has 112 valence electrons. The zero-order valence-corrected chi connectivity index (χ0v) is 12.2. The Bertz CT molecular complexity index is 587. The van der Waals surface area contributed by atoms with E-state index in [1.807, 2.05) is 20.8 Å². The van der Waals surface area contributed by atoms with Crippen LogP contribution in [0.25, 0.3) is 0 Å². The van der Waals surface area contributed by atoms with Crippen molar-refractivity contribution in [1.29, 1.82) is 0 Å². The van der Waals surface area contributed by atoms with Gasteiger partial charge in [-0.15, -0.1) is 4.98 Å². The van der Waals surface area contributed by atoms with Crippen molar-refractivity contribution in [2.24, 2.45) is 0 Å². The molecule has 0 aliphatic rings. The van der Waals surface area contributed by atoms with Crippen LogP contribution in [0.2, 0.25) is 0 Å². The van der Waals surface area contributed by atoms with Gasteiger partial charge in [-0.2, -0.15) is 9.97 Å². The molecular weight excluding hydrogens is 272 g/mol. The van der Waals surface area contributed by atoms with Gasteiger partial charge in [-0.3, -0.25) is 0 Å². The van der Waals surface area contributed by atoms with Gasteiger partial charge in [0.25, 0.3) is 0 Å². The highest BCUT2D eigenvalue weighted by molar-refractivity contribution is 5.33. The lowest BCUT2D eigenvalue weighted by Crippen LogP contribution is -2.11. The van der Waals surface area contributed by atoms with Crippen LogP contribution < -0.4 is 19.9 Å². The predicted octanol–water partition coefficient (Wildman–Crippen LogP) is 2.43. The Balaban J connectivity index is 2.12. The number of ether oxygens (including phenoxy) is 3. The molecule has 0 spiro atoms. The third-order valence-corrected chi connectivity index (χ3v) is 2.30. The van der Waals surface area contributed by atoms with Crippen molar-refractivity contribution >= 4 is 5.95 Å². The molecule has 7 heteroatoms. The van der Waals surface area contributed by atoms with E-state index in [1.54, 1.807) is 24.3 Å². The van der Waals surface area contributed by atoms with Crippen molar-refractivity contribution in [2.75, 3.05) is 12.3 Å². The summed E-state index contributed by atoms with van der Waals surface area (Å²) in [4.78, 5) is 11.9. The highest BCUT2D eigenvalue weighted by Gasteiger charge is 2.09. The van der Waals surface area contributed by atoms with E-state index in [2.05, 4.69) is 15.0 Å². The molecule has 2 N–H and O–H groups in total. The molecule has 0 bridgehead atoms. The number of benzene rings is 1. The molecule has 2 aromatic rings. The van der Waals surface area contributed by atoms with E-state index in [1.165, 1.54) is 0 Å². The molecule has 0 unspecified atom stereocenters. The lowest BCUT2D eigenvalue weighted by Gasteiger charge is -2.09. The molecule has 1 aromatic heterocycles. The second-order valence-corrected chi connectivity index (χ2v) is 4.43. The number of nitrogens with zero attached hydrogens (tertiary/aromatic N) is 3. The average Bonchev–Trinajstić information content (AvgIpc) is 2.40. The summed E-state index contributed by atoms with van der Waals surface area (Å²) in [6.07, 6.45) is -0.0647. The minimum Gasteiger partial charge on any atom is -0.494 e. The molecule has 7 nitrogen and oxygen atoms in total. The van der Waals surface area contributed by atoms with Crippen molar-refractivity contribution in [1.82, 2.24) is 15.0 Å². The zero-order valence-electron chi connectivity index (χ0n) is 12.2. The first-order chi connectivity index (χ1) is 10.1. The van der Waals surface area contributed by atoms with Gasteiger partial charge in [-0.1, -0.05) is 0 Å². The number of anilines is 1. The normalized spacial score (nSPS) is 10.5. The van der Waals surface area contributed by atoms with Crippen LogP contribution in [0.4, 0.5) is 5.95 Å². The van der Waals surface area contributed by atoms with Crippen molar-refractivity contribution in [2.45, 2.75) is 26.9 Å². The second-order valence-electron chi connectivity index (χ2n) is 4.43. The van der Waals surface area contributed by atoms with Crippen LogP contribution in [-0.4, -0.2) is 27.7 Å². The molecule has 1 heterocycles. The van der Waals surface area contributed by atoms with Crippen LogP contribution in [0, 0.1) is 0 Å². The van der Waals surface area contributed by atoms with Gasteiger partial charge in [0.2, 0.25) is 5.95 Å². The maximum Gasteiger partial charge on any atom is 0.330 e. The smallest absolute Gasteiger partial charge is 0.330 e. The van der Waals surface area contributed by atoms with Gasteiger partial charge in [0.1, 0.15) is 11.5 Å². The van der Waals surface area contributed by atoms with Crippen molar-refractivity contribution < 1.29 is 14.2 Å². The van der Waals surface area contributed by atoms with Gasteiger partial charge in [0.15, 0.2) is 0 Å². The highest BCUT2D eigenvalue weighted by atomic mass is 16.5. The second kappa shape index (κ2) is 6.74. The molecule has 0 saturated heterocycles. The number of nitrogens with two attached hydrogens (primary N) is 1.